The number of anilines is 1. The fourth-order valence-electron chi connectivity index (χ4n) is 1.96. The smallest absolute Gasteiger partial charge is 0.128 e. The monoisotopic (exact) mass is 207 g/mol. The summed E-state index contributed by atoms with van der Waals surface area (Å²) >= 11 is 0. The van der Waals surface area contributed by atoms with Crippen LogP contribution in [0.3, 0.4) is 0 Å². The van der Waals surface area contributed by atoms with Crippen molar-refractivity contribution in [2.75, 3.05) is 18.9 Å². The molecule has 82 valence electrons. The quantitative estimate of drug-likeness (QED) is 0.759. The number of rotatable bonds is 2. The molecule has 0 bridgehead atoms. The summed E-state index contributed by atoms with van der Waals surface area (Å²) in [5, 5.41) is 0. The van der Waals surface area contributed by atoms with Crippen molar-refractivity contribution in [1.29, 1.82) is 0 Å². The van der Waals surface area contributed by atoms with Gasteiger partial charge in [-0.25, -0.2) is 4.98 Å². The van der Waals surface area contributed by atoms with Crippen LogP contribution in [-0.2, 0) is 4.74 Å². The van der Waals surface area contributed by atoms with E-state index in [0.29, 0.717) is 11.7 Å². The van der Waals surface area contributed by atoms with Gasteiger partial charge in [-0.2, -0.15) is 0 Å². The molecule has 2 rings (SSSR count). The summed E-state index contributed by atoms with van der Waals surface area (Å²) in [5.74, 6) is 0.913. The fraction of sp³-hybridized carbons (Fsp3) is 0.545. The molecule has 0 aliphatic carbocycles. The van der Waals surface area contributed by atoms with Gasteiger partial charge in [0.25, 0.3) is 0 Å². The molecular weight excluding hydrogens is 190 g/mol. The zero-order valence-electron chi connectivity index (χ0n) is 8.94. The summed E-state index contributed by atoms with van der Waals surface area (Å²) < 4.78 is 5.33. The standard InChI is InChI=1S/C11H17N3O/c1-7-4-9(11(13)14-5-7)10(12)8-2-3-15-6-8/h4-5,8,10H,2-3,6,12H2,1H3,(H2,13,14). The van der Waals surface area contributed by atoms with Crippen LogP contribution >= 0.6 is 0 Å². The number of nitrogen functional groups attached to an aromatic ring is 1. The second-order valence-corrected chi connectivity index (χ2v) is 4.14. The van der Waals surface area contributed by atoms with Crippen molar-refractivity contribution in [2.45, 2.75) is 19.4 Å². The van der Waals surface area contributed by atoms with E-state index in [0.717, 1.165) is 30.8 Å². The minimum Gasteiger partial charge on any atom is -0.383 e. The van der Waals surface area contributed by atoms with E-state index >= 15 is 0 Å². The van der Waals surface area contributed by atoms with Gasteiger partial charge in [-0.3, -0.25) is 0 Å². The number of hydrogen-bond donors (Lipinski definition) is 2. The van der Waals surface area contributed by atoms with Crippen molar-refractivity contribution >= 4 is 5.82 Å². The molecule has 1 saturated heterocycles. The van der Waals surface area contributed by atoms with E-state index in [1.165, 1.54) is 0 Å². The highest BCUT2D eigenvalue weighted by Gasteiger charge is 2.25. The Labute approximate surface area is 89.6 Å². The van der Waals surface area contributed by atoms with E-state index < -0.39 is 0 Å². The first kappa shape index (κ1) is 10.4. The highest BCUT2D eigenvalue weighted by atomic mass is 16.5. The Morgan fingerprint density at radius 3 is 3.07 bits per heavy atom. The Morgan fingerprint density at radius 1 is 1.60 bits per heavy atom. The van der Waals surface area contributed by atoms with Gasteiger partial charge in [-0.05, 0) is 25.0 Å². The lowest BCUT2D eigenvalue weighted by Crippen LogP contribution is -2.23. The average Bonchev–Trinajstić information content (AvgIpc) is 2.74. The molecule has 4 nitrogen and oxygen atoms in total. The van der Waals surface area contributed by atoms with Crippen LogP contribution in [0.25, 0.3) is 0 Å². The number of aryl methyl sites for hydroxylation is 1. The Kier molecular flexibility index (Phi) is 2.88. The molecule has 4 N–H and O–H groups in total. The summed E-state index contributed by atoms with van der Waals surface area (Å²) in [6.45, 7) is 3.53. The molecule has 1 aromatic rings. The molecule has 0 spiro atoms. The lowest BCUT2D eigenvalue weighted by molar-refractivity contribution is 0.181. The van der Waals surface area contributed by atoms with Gasteiger partial charge in [0, 0.05) is 30.3 Å². The highest BCUT2D eigenvalue weighted by Crippen LogP contribution is 2.29. The van der Waals surface area contributed by atoms with Crippen molar-refractivity contribution in [2.24, 2.45) is 11.7 Å². The molecule has 2 heterocycles. The number of pyridine rings is 1. The van der Waals surface area contributed by atoms with Crippen molar-refractivity contribution in [1.82, 2.24) is 4.98 Å². The summed E-state index contributed by atoms with van der Waals surface area (Å²) in [6, 6.07) is 1.96. The third-order valence-corrected chi connectivity index (χ3v) is 2.92. The van der Waals surface area contributed by atoms with Crippen LogP contribution in [0.15, 0.2) is 12.3 Å². The first-order valence-electron chi connectivity index (χ1n) is 5.24. The third kappa shape index (κ3) is 2.11. The molecule has 1 aliphatic heterocycles. The van der Waals surface area contributed by atoms with Gasteiger partial charge < -0.3 is 16.2 Å². The Bertz CT molecular complexity index is 348. The van der Waals surface area contributed by atoms with Crippen LogP contribution < -0.4 is 11.5 Å². The van der Waals surface area contributed by atoms with E-state index in [1.807, 2.05) is 13.0 Å². The van der Waals surface area contributed by atoms with E-state index in [2.05, 4.69) is 4.98 Å². The Morgan fingerprint density at radius 2 is 2.40 bits per heavy atom. The van der Waals surface area contributed by atoms with Gasteiger partial charge in [-0.1, -0.05) is 0 Å². The predicted octanol–water partition coefficient (Wildman–Crippen LogP) is 1.01. The number of ether oxygens (including phenoxy) is 1. The summed E-state index contributed by atoms with van der Waals surface area (Å²) in [4.78, 5) is 4.13. The minimum atomic E-state index is -0.0556. The van der Waals surface area contributed by atoms with Crippen LogP contribution in [0.2, 0.25) is 0 Å². The zero-order chi connectivity index (χ0) is 10.8. The molecule has 2 unspecified atom stereocenters. The number of nitrogens with two attached hydrogens (primary N) is 2. The first-order chi connectivity index (χ1) is 7.18. The largest absolute Gasteiger partial charge is 0.383 e. The molecule has 0 saturated carbocycles. The van der Waals surface area contributed by atoms with E-state index in [4.69, 9.17) is 16.2 Å². The normalized spacial score (nSPS) is 22.9. The van der Waals surface area contributed by atoms with E-state index in [1.54, 1.807) is 6.20 Å². The predicted molar refractivity (Wildman–Crippen MR) is 59.2 cm³/mol. The maximum absolute atomic E-state index is 6.17. The number of nitrogens with zero attached hydrogens (tertiary/aromatic N) is 1. The molecule has 1 aliphatic rings. The maximum atomic E-state index is 6.17. The Balaban J connectivity index is 2.23. The topological polar surface area (TPSA) is 74.2 Å². The molecule has 0 amide bonds. The molecule has 0 radical (unpaired) electrons. The minimum absolute atomic E-state index is 0.0556. The van der Waals surface area contributed by atoms with Crippen molar-refractivity contribution in [3.8, 4) is 0 Å². The van der Waals surface area contributed by atoms with Gasteiger partial charge >= 0.3 is 0 Å². The lowest BCUT2D eigenvalue weighted by Gasteiger charge is -2.19. The van der Waals surface area contributed by atoms with Crippen LogP contribution in [0.5, 0.6) is 0 Å². The van der Waals surface area contributed by atoms with Gasteiger partial charge in [-0.15, -0.1) is 0 Å². The second-order valence-electron chi connectivity index (χ2n) is 4.14. The van der Waals surface area contributed by atoms with Gasteiger partial charge in [0.15, 0.2) is 0 Å². The third-order valence-electron chi connectivity index (χ3n) is 2.92. The maximum Gasteiger partial charge on any atom is 0.128 e. The van der Waals surface area contributed by atoms with Gasteiger partial charge in [0.1, 0.15) is 5.82 Å². The average molecular weight is 207 g/mol. The van der Waals surface area contributed by atoms with Crippen molar-refractivity contribution in [3.05, 3.63) is 23.4 Å². The summed E-state index contributed by atoms with van der Waals surface area (Å²) in [5.41, 5.74) is 14.0. The second kappa shape index (κ2) is 4.16. The molecule has 0 aromatic carbocycles. The fourth-order valence-corrected chi connectivity index (χ4v) is 1.96. The molecule has 4 heteroatoms. The molecule has 15 heavy (non-hydrogen) atoms. The number of aromatic nitrogens is 1. The van der Waals surface area contributed by atoms with Crippen molar-refractivity contribution in [3.63, 3.8) is 0 Å². The molecular formula is C11H17N3O. The van der Waals surface area contributed by atoms with Gasteiger partial charge in [0.05, 0.1) is 6.61 Å². The van der Waals surface area contributed by atoms with E-state index in [9.17, 15) is 0 Å². The zero-order valence-corrected chi connectivity index (χ0v) is 8.94. The molecule has 1 aromatic heterocycles. The van der Waals surface area contributed by atoms with Crippen LogP contribution in [0, 0.1) is 12.8 Å². The molecule has 2 atom stereocenters. The van der Waals surface area contributed by atoms with Gasteiger partial charge in [0.2, 0.25) is 0 Å². The summed E-state index contributed by atoms with van der Waals surface area (Å²) in [7, 11) is 0. The highest BCUT2D eigenvalue weighted by molar-refractivity contribution is 5.43. The van der Waals surface area contributed by atoms with Crippen molar-refractivity contribution < 1.29 is 4.74 Å². The first-order valence-corrected chi connectivity index (χ1v) is 5.24. The summed E-state index contributed by atoms with van der Waals surface area (Å²) in [6.07, 6.45) is 2.77. The van der Waals surface area contributed by atoms with Crippen LogP contribution in [-0.4, -0.2) is 18.2 Å². The molecule has 1 fully saturated rings. The van der Waals surface area contributed by atoms with E-state index in [-0.39, 0.29) is 6.04 Å². The SMILES string of the molecule is Cc1cnc(N)c(C(N)C2CCOC2)c1. The Hall–Kier alpha value is -1.13. The number of hydrogen-bond acceptors (Lipinski definition) is 4. The van der Waals surface area contributed by atoms with Crippen LogP contribution in [0.1, 0.15) is 23.6 Å². The lowest BCUT2D eigenvalue weighted by atomic mass is 9.93. The van der Waals surface area contributed by atoms with Crippen LogP contribution in [0.4, 0.5) is 5.82 Å².